The lowest BCUT2D eigenvalue weighted by molar-refractivity contribution is -0.143. The van der Waals surface area contributed by atoms with E-state index in [0.717, 1.165) is 0 Å². The van der Waals surface area contributed by atoms with Gasteiger partial charge in [0.05, 0.1) is 19.1 Å². The average Bonchev–Trinajstić information content (AvgIpc) is 2.56. The molecule has 0 aliphatic carbocycles. The van der Waals surface area contributed by atoms with Crippen LogP contribution >= 0.6 is 0 Å². The molecule has 0 aromatic carbocycles. The fourth-order valence-electron chi connectivity index (χ4n) is 2.15. The quantitative estimate of drug-likeness (QED) is 0.175. The number of carbonyl (C=O) groups is 5. The molecule has 9 N–H and O–H groups in total. The van der Waals surface area contributed by atoms with E-state index in [0.29, 0.717) is 0 Å². The van der Waals surface area contributed by atoms with Crippen molar-refractivity contribution in [1.82, 2.24) is 16.0 Å². The Kier molecular flexibility index (Phi) is 10.7. The number of rotatable bonds is 12. The van der Waals surface area contributed by atoms with E-state index in [4.69, 9.17) is 11.5 Å². The summed E-state index contributed by atoms with van der Waals surface area (Å²) >= 11 is 0. The van der Waals surface area contributed by atoms with Gasteiger partial charge in [-0.2, -0.15) is 0 Å². The van der Waals surface area contributed by atoms with Crippen molar-refractivity contribution in [3.05, 3.63) is 0 Å². The number of hydrogen-bond acceptors (Lipinski definition) is 7. The van der Waals surface area contributed by atoms with Crippen LogP contribution in [0, 0.1) is 5.92 Å². The summed E-state index contributed by atoms with van der Waals surface area (Å²) in [6, 6.07) is -5.09. The van der Waals surface area contributed by atoms with Crippen LogP contribution in [0.4, 0.5) is 0 Å². The van der Waals surface area contributed by atoms with Crippen molar-refractivity contribution < 1.29 is 34.2 Å². The molecule has 160 valence electrons. The maximum Gasteiger partial charge on any atom is 0.326 e. The molecule has 0 fully saturated rings. The zero-order chi connectivity index (χ0) is 22.0. The summed E-state index contributed by atoms with van der Waals surface area (Å²) in [7, 11) is 0. The maximum absolute atomic E-state index is 12.4. The molecule has 0 saturated heterocycles. The number of aliphatic hydroxyl groups is 1. The highest BCUT2D eigenvalue weighted by Gasteiger charge is 2.30. The highest BCUT2D eigenvalue weighted by atomic mass is 16.4. The largest absolute Gasteiger partial charge is 0.480 e. The lowest BCUT2D eigenvalue weighted by atomic mass is 10.0. The molecule has 0 radical (unpaired) electrons. The fraction of sp³-hybridized carbons (Fsp3) is 0.688. The van der Waals surface area contributed by atoms with Crippen molar-refractivity contribution in [3.63, 3.8) is 0 Å². The average molecular weight is 403 g/mol. The lowest BCUT2D eigenvalue weighted by Gasteiger charge is -2.24. The Morgan fingerprint density at radius 2 is 1.32 bits per heavy atom. The molecule has 0 rings (SSSR count). The molecular formula is C16H29N5O7. The highest BCUT2D eigenvalue weighted by molar-refractivity contribution is 5.96. The molecule has 12 heteroatoms. The molecule has 0 aliphatic heterocycles. The number of aliphatic carboxylic acids is 1. The second kappa shape index (κ2) is 11.9. The molecule has 0 bridgehead atoms. The standard InChI is InChI=1S/C16H29N5O7/c1-7(2)4-10(16(27)28)20-14(25)9(5-12(18)23)19-15(26)11(6-22)21-13(24)8(3)17/h7-11,22H,4-6,17H2,1-3H3,(H2,18,23)(H,19,26)(H,20,25)(H,21,24)(H,27,28). The first-order valence-electron chi connectivity index (χ1n) is 8.67. The van der Waals surface area contributed by atoms with Crippen LogP contribution in [0.5, 0.6) is 0 Å². The number of carboxylic acid groups (broad SMARTS) is 1. The third-order valence-corrected chi connectivity index (χ3v) is 3.59. The molecule has 0 aromatic heterocycles. The van der Waals surface area contributed by atoms with Crippen molar-refractivity contribution >= 4 is 29.6 Å². The molecule has 4 amide bonds. The van der Waals surface area contributed by atoms with E-state index >= 15 is 0 Å². The van der Waals surface area contributed by atoms with Crippen molar-refractivity contribution in [1.29, 1.82) is 0 Å². The molecule has 12 nitrogen and oxygen atoms in total. The van der Waals surface area contributed by atoms with Crippen LogP contribution < -0.4 is 27.4 Å². The first kappa shape index (κ1) is 25.3. The SMILES string of the molecule is CC(C)CC(NC(=O)C(CC(N)=O)NC(=O)C(CO)NC(=O)C(C)N)C(=O)O. The third-order valence-electron chi connectivity index (χ3n) is 3.59. The van der Waals surface area contributed by atoms with E-state index in [9.17, 15) is 34.2 Å². The van der Waals surface area contributed by atoms with Gasteiger partial charge in [-0.15, -0.1) is 0 Å². The summed E-state index contributed by atoms with van der Waals surface area (Å²) in [6.45, 7) is 4.10. The molecular weight excluding hydrogens is 374 g/mol. The van der Waals surface area contributed by atoms with Crippen molar-refractivity contribution in [3.8, 4) is 0 Å². The summed E-state index contributed by atoms with van der Waals surface area (Å²) in [4.78, 5) is 58.8. The van der Waals surface area contributed by atoms with Gasteiger partial charge in [-0.3, -0.25) is 19.2 Å². The Labute approximate surface area is 162 Å². The summed E-state index contributed by atoms with van der Waals surface area (Å²) in [5, 5.41) is 25.1. The Morgan fingerprint density at radius 1 is 0.857 bits per heavy atom. The van der Waals surface area contributed by atoms with Gasteiger partial charge in [0, 0.05) is 0 Å². The number of carbonyl (C=O) groups excluding carboxylic acids is 4. The highest BCUT2D eigenvalue weighted by Crippen LogP contribution is 2.06. The van der Waals surface area contributed by atoms with Crippen LogP contribution in [-0.4, -0.2) is 70.6 Å². The monoisotopic (exact) mass is 403 g/mol. The Bertz CT molecular complexity index is 594. The number of primary amides is 1. The van der Waals surface area contributed by atoms with Crippen molar-refractivity contribution in [2.24, 2.45) is 17.4 Å². The second-order valence-electron chi connectivity index (χ2n) is 6.79. The minimum atomic E-state index is -1.49. The van der Waals surface area contributed by atoms with E-state index in [2.05, 4.69) is 16.0 Å². The normalized spacial score (nSPS) is 15.1. The first-order chi connectivity index (χ1) is 12.9. The van der Waals surface area contributed by atoms with Crippen LogP contribution in [0.15, 0.2) is 0 Å². The zero-order valence-corrected chi connectivity index (χ0v) is 16.1. The smallest absolute Gasteiger partial charge is 0.326 e. The second-order valence-corrected chi connectivity index (χ2v) is 6.79. The Hall–Kier alpha value is -2.73. The molecule has 0 aliphatic rings. The Morgan fingerprint density at radius 3 is 1.71 bits per heavy atom. The van der Waals surface area contributed by atoms with Gasteiger partial charge in [0.15, 0.2) is 0 Å². The van der Waals surface area contributed by atoms with Crippen LogP contribution in [0.2, 0.25) is 0 Å². The van der Waals surface area contributed by atoms with Gasteiger partial charge in [-0.25, -0.2) is 4.79 Å². The van der Waals surface area contributed by atoms with Gasteiger partial charge in [-0.05, 0) is 19.3 Å². The third kappa shape index (κ3) is 9.28. The van der Waals surface area contributed by atoms with E-state index in [1.807, 2.05) is 0 Å². The van der Waals surface area contributed by atoms with Gasteiger partial charge in [0.25, 0.3) is 0 Å². The van der Waals surface area contributed by atoms with Gasteiger partial charge < -0.3 is 37.6 Å². The van der Waals surface area contributed by atoms with Crippen LogP contribution in [0.25, 0.3) is 0 Å². The summed E-state index contributed by atoms with van der Waals surface area (Å²) in [5.74, 6) is -4.85. The summed E-state index contributed by atoms with van der Waals surface area (Å²) in [6.07, 6.45) is -0.479. The van der Waals surface area contributed by atoms with E-state index in [1.54, 1.807) is 13.8 Å². The number of aliphatic hydroxyl groups excluding tert-OH is 1. The molecule has 4 atom stereocenters. The van der Waals surface area contributed by atoms with E-state index in [-0.39, 0.29) is 12.3 Å². The van der Waals surface area contributed by atoms with Crippen LogP contribution in [0.1, 0.15) is 33.6 Å². The van der Waals surface area contributed by atoms with Gasteiger partial charge in [0.2, 0.25) is 23.6 Å². The number of nitrogens with two attached hydrogens (primary N) is 2. The number of amides is 4. The Balaban J connectivity index is 5.25. The number of hydrogen-bond donors (Lipinski definition) is 7. The van der Waals surface area contributed by atoms with E-state index < -0.39 is 66.8 Å². The minimum Gasteiger partial charge on any atom is -0.480 e. The van der Waals surface area contributed by atoms with Gasteiger partial charge in [-0.1, -0.05) is 13.8 Å². The molecule has 28 heavy (non-hydrogen) atoms. The maximum atomic E-state index is 12.4. The van der Waals surface area contributed by atoms with Crippen LogP contribution in [0.3, 0.4) is 0 Å². The lowest BCUT2D eigenvalue weighted by Crippen LogP contribution is -2.58. The predicted octanol–water partition coefficient (Wildman–Crippen LogP) is -3.21. The molecule has 0 aromatic rings. The van der Waals surface area contributed by atoms with Crippen molar-refractivity contribution in [2.45, 2.75) is 57.8 Å². The van der Waals surface area contributed by atoms with Gasteiger partial charge in [0.1, 0.15) is 18.1 Å². The molecule has 0 heterocycles. The zero-order valence-electron chi connectivity index (χ0n) is 16.1. The molecule has 0 spiro atoms. The topological polar surface area (TPSA) is 214 Å². The van der Waals surface area contributed by atoms with E-state index in [1.165, 1.54) is 6.92 Å². The molecule has 0 saturated carbocycles. The summed E-state index contributed by atoms with van der Waals surface area (Å²) in [5.41, 5.74) is 10.5. The molecule has 4 unspecified atom stereocenters. The fourth-order valence-corrected chi connectivity index (χ4v) is 2.15. The summed E-state index contributed by atoms with van der Waals surface area (Å²) < 4.78 is 0. The van der Waals surface area contributed by atoms with Crippen molar-refractivity contribution in [2.75, 3.05) is 6.61 Å². The number of carboxylic acids is 1. The first-order valence-corrected chi connectivity index (χ1v) is 8.67. The predicted molar refractivity (Wildman–Crippen MR) is 97.4 cm³/mol. The van der Waals surface area contributed by atoms with Crippen LogP contribution in [-0.2, 0) is 24.0 Å². The van der Waals surface area contributed by atoms with Gasteiger partial charge >= 0.3 is 5.97 Å². The number of nitrogens with one attached hydrogen (secondary N) is 3. The minimum absolute atomic E-state index is 0.0437.